The number of benzene rings is 2. The van der Waals surface area contributed by atoms with Crippen molar-refractivity contribution in [3.05, 3.63) is 74.3 Å². The summed E-state index contributed by atoms with van der Waals surface area (Å²) in [6.45, 7) is 0.179. The van der Waals surface area contributed by atoms with Gasteiger partial charge in [0.25, 0.3) is 17.5 Å². The van der Waals surface area contributed by atoms with E-state index in [0.29, 0.717) is 33.4 Å². The number of carbonyl (C=O) groups excluding carboxylic acids is 2. The molecule has 1 heterocycles. The van der Waals surface area contributed by atoms with Gasteiger partial charge in [0, 0.05) is 12.1 Å². The number of imide groups is 1. The Bertz CT molecular complexity index is 1300. The lowest BCUT2D eigenvalue weighted by atomic mass is 9.63. The zero-order chi connectivity index (χ0) is 25.1. The fraction of sp³-hybridized carbons (Fsp3) is 0.346. The maximum atomic E-state index is 13.1. The van der Waals surface area contributed by atoms with Crippen LogP contribution in [0.2, 0.25) is 0 Å². The van der Waals surface area contributed by atoms with Gasteiger partial charge < -0.3 is 9.47 Å². The highest BCUT2D eigenvalue weighted by molar-refractivity contribution is 9.10. The molecule has 0 unspecified atom stereocenters. The molecule has 3 fully saturated rings. The number of methoxy groups -OCH3 is 1. The number of hydrogen-bond donors (Lipinski definition) is 0. The maximum absolute atomic E-state index is 13.1. The summed E-state index contributed by atoms with van der Waals surface area (Å²) in [6, 6.07) is 9.57. The van der Waals surface area contributed by atoms with E-state index in [4.69, 9.17) is 9.47 Å². The molecule has 2 bridgehead atoms. The van der Waals surface area contributed by atoms with Crippen LogP contribution < -0.4 is 9.47 Å². The largest absolute Gasteiger partial charge is 0.493 e. The first kappa shape index (κ1) is 22.9. The number of non-ortho nitro benzene ring substituents is 1. The molecule has 0 spiro atoms. The van der Waals surface area contributed by atoms with Gasteiger partial charge in [-0.15, -0.1) is 0 Å². The van der Waals surface area contributed by atoms with Gasteiger partial charge in [0.15, 0.2) is 11.5 Å². The Kier molecular flexibility index (Phi) is 5.44. The van der Waals surface area contributed by atoms with Crippen LogP contribution in [-0.2, 0) is 16.2 Å². The number of hydrazone groups is 1. The van der Waals surface area contributed by atoms with Gasteiger partial charge in [0.2, 0.25) is 0 Å². The monoisotopic (exact) mass is 551 g/mol. The second-order valence-electron chi connectivity index (χ2n) is 9.63. The van der Waals surface area contributed by atoms with E-state index in [0.717, 1.165) is 17.0 Å². The zero-order valence-corrected chi connectivity index (χ0v) is 20.8. The van der Waals surface area contributed by atoms with E-state index in [2.05, 4.69) is 33.2 Å². The fourth-order valence-electron chi connectivity index (χ4n) is 6.00. The molecular formula is C26H22BrN3O6. The van der Waals surface area contributed by atoms with E-state index in [1.807, 2.05) is 0 Å². The molecule has 36 heavy (non-hydrogen) atoms. The Balaban J connectivity index is 1.18. The third-order valence-electron chi connectivity index (χ3n) is 7.74. The summed E-state index contributed by atoms with van der Waals surface area (Å²) in [6.07, 6.45) is 6.87. The van der Waals surface area contributed by atoms with Crippen molar-refractivity contribution in [3.8, 4) is 11.5 Å². The SMILES string of the molecule is COc1cc(/C=N\N2C(=O)[C@@H]3[C@@H]4C=C[C@H]([C@@H]5C[C@H]45)[C@@H]3C2=O)cc(Br)c1OCc1ccc([N+](=O)[O-])cc1. The number of nitro benzene ring substituents is 1. The Hall–Kier alpha value is -3.53. The first-order valence-corrected chi connectivity index (χ1v) is 12.5. The van der Waals surface area contributed by atoms with Crippen molar-refractivity contribution < 1.29 is 24.0 Å². The summed E-state index contributed by atoms with van der Waals surface area (Å²) in [5.74, 6) is 1.29. The third-order valence-corrected chi connectivity index (χ3v) is 8.33. The molecule has 0 aromatic heterocycles. The normalized spacial score (nSPS) is 29.4. The molecule has 10 heteroatoms. The summed E-state index contributed by atoms with van der Waals surface area (Å²) in [5.41, 5.74) is 1.39. The Morgan fingerprint density at radius 1 is 1.11 bits per heavy atom. The molecule has 6 atom stereocenters. The zero-order valence-electron chi connectivity index (χ0n) is 19.2. The van der Waals surface area contributed by atoms with Crippen molar-refractivity contribution in [3.63, 3.8) is 0 Å². The molecule has 9 nitrogen and oxygen atoms in total. The van der Waals surface area contributed by atoms with Crippen molar-refractivity contribution in [1.29, 1.82) is 0 Å². The van der Waals surface area contributed by atoms with Crippen molar-refractivity contribution in [1.82, 2.24) is 5.01 Å². The molecular weight excluding hydrogens is 530 g/mol. The van der Waals surface area contributed by atoms with Gasteiger partial charge in [-0.25, -0.2) is 0 Å². The van der Waals surface area contributed by atoms with Crippen LogP contribution in [0.3, 0.4) is 0 Å². The highest BCUT2D eigenvalue weighted by Gasteiger charge is 2.67. The van der Waals surface area contributed by atoms with Gasteiger partial charge >= 0.3 is 0 Å². The first-order valence-electron chi connectivity index (χ1n) is 11.7. The van der Waals surface area contributed by atoms with Crippen LogP contribution in [0.15, 0.2) is 58.1 Å². The number of halogens is 1. The minimum absolute atomic E-state index is 0.0103. The highest BCUT2D eigenvalue weighted by Crippen LogP contribution is 2.65. The average Bonchev–Trinajstić information content (AvgIpc) is 3.66. The van der Waals surface area contributed by atoms with Crippen molar-refractivity contribution >= 4 is 39.6 Å². The summed E-state index contributed by atoms with van der Waals surface area (Å²) < 4.78 is 12.0. The van der Waals surface area contributed by atoms with Crippen LogP contribution in [0, 0.1) is 45.6 Å². The summed E-state index contributed by atoms with van der Waals surface area (Å²) in [4.78, 5) is 36.6. The molecule has 0 radical (unpaired) electrons. The number of hydrogen-bond acceptors (Lipinski definition) is 7. The van der Waals surface area contributed by atoms with E-state index >= 15 is 0 Å². The smallest absolute Gasteiger partial charge is 0.269 e. The van der Waals surface area contributed by atoms with Gasteiger partial charge in [-0.3, -0.25) is 19.7 Å². The van der Waals surface area contributed by atoms with Gasteiger partial charge in [0.05, 0.1) is 34.6 Å². The predicted octanol–water partition coefficient (Wildman–Crippen LogP) is 4.33. The average molecular weight is 552 g/mol. The Labute approximate surface area is 215 Å². The number of allylic oxidation sites excluding steroid dienone is 2. The quantitative estimate of drug-likeness (QED) is 0.166. The predicted molar refractivity (Wildman–Crippen MR) is 132 cm³/mol. The highest BCUT2D eigenvalue weighted by atomic mass is 79.9. The van der Waals surface area contributed by atoms with E-state index in [1.165, 1.54) is 25.5 Å². The molecule has 184 valence electrons. The van der Waals surface area contributed by atoms with Crippen LogP contribution in [0.1, 0.15) is 17.5 Å². The molecule has 4 aliphatic carbocycles. The van der Waals surface area contributed by atoms with Crippen LogP contribution in [0.25, 0.3) is 0 Å². The molecule has 2 saturated carbocycles. The van der Waals surface area contributed by atoms with E-state index < -0.39 is 4.92 Å². The summed E-state index contributed by atoms with van der Waals surface area (Å²) in [7, 11) is 1.51. The Morgan fingerprint density at radius 2 is 1.75 bits per heavy atom. The van der Waals surface area contributed by atoms with E-state index in [9.17, 15) is 19.7 Å². The lowest BCUT2D eigenvalue weighted by Crippen LogP contribution is -2.40. The first-order chi connectivity index (χ1) is 17.4. The minimum atomic E-state index is -0.453. The standard InChI is InChI=1S/C26H22BrN3O6/c1-35-21-9-14(8-20(27)24(21)36-12-13-2-4-15(5-3-13)30(33)34)11-28-29-25(31)22-16-6-7-17(19-10-18(16)19)23(22)26(29)32/h2-9,11,16-19,22-23H,10,12H2,1H3/b28-11-/t16-,17-,18-,19+,22-,23+/m1/s1. The second-order valence-corrected chi connectivity index (χ2v) is 10.5. The van der Waals surface area contributed by atoms with E-state index in [1.54, 1.807) is 24.3 Å². The molecule has 2 aromatic rings. The summed E-state index contributed by atoms with van der Waals surface area (Å²) >= 11 is 3.49. The molecule has 5 aliphatic rings. The Morgan fingerprint density at radius 3 is 2.33 bits per heavy atom. The number of nitrogens with zero attached hydrogens (tertiary/aromatic N) is 3. The fourth-order valence-corrected chi connectivity index (χ4v) is 6.58. The molecule has 1 saturated heterocycles. The van der Waals surface area contributed by atoms with Crippen molar-refractivity contribution in [2.24, 2.45) is 40.6 Å². The maximum Gasteiger partial charge on any atom is 0.269 e. The second kappa shape index (κ2) is 8.55. The number of rotatable bonds is 7. The topological polar surface area (TPSA) is 111 Å². The molecule has 0 N–H and O–H groups in total. The van der Waals surface area contributed by atoms with Gasteiger partial charge in [-0.05, 0) is 81.4 Å². The lowest BCUT2D eigenvalue weighted by Gasteiger charge is -2.37. The van der Waals surface area contributed by atoms with Gasteiger partial charge in [-0.1, -0.05) is 12.2 Å². The van der Waals surface area contributed by atoms with Gasteiger partial charge in [0.1, 0.15) is 6.61 Å². The lowest BCUT2D eigenvalue weighted by molar-refractivity contribution is -0.384. The number of nitro groups is 1. The molecule has 2 aromatic carbocycles. The van der Waals surface area contributed by atoms with Gasteiger partial charge in [-0.2, -0.15) is 10.1 Å². The summed E-state index contributed by atoms with van der Waals surface area (Å²) in [5, 5.41) is 16.2. The third kappa shape index (κ3) is 3.62. The van der Waals surface area contributed by atoms with E-state index in [-0.39, 0.29) is 47.8 Å². The molecule has 2 amide bonds. The van der Waals surface area contributed by atoms with Crippen LogP contribution >= 0.6 is 15.9 Å². The number of carbonyl (C=O) groups is 2. The van der Waals surface area contributed by atoms with Crippen molar-refractivity contribution in [2.75, 3.05) is 7.11 Å². The number of ether oxygens (including phenoxy) is 2. The minimum Gasteiger partial charge on any atom is -0.493 e. The van der Waals surface area contributed by atoms with Crippen LogP contribution in [0.4, 0.5) is 5.69 Å². The number of amides is 2. The molecule has 7 rings (SSSR count). The van der Waals surface area contributed by atoms with Crippen LogP contribution in [0.5, 0.6) is 11.5 Å². The van der Waals surface area contributed by atoms with Crippen molar-refractivity contribution in [2.45, 2.75) is 13.0 Å². The molecule has 1 aliphatic heterocycles. The van der Waals surface area contributed by atoms with Crippen LogP contribution in [-0.4, -0.2) is 35.1 Å².